The van der Waals surface area contributed by atoms with Crippen molar-refractivity contribution in [2.75, 3.05) is 0 Å². The lowest BCUT2D eigenvalue weighted by Gasteiger charge is -1.82. The zero-order valence-electron chi connectivity index (χ0n) is 5.36. The molecule has 1 aromatic rings. The maximum atomic E-state index is 9.87. The average molecular weight is 218 g/mol. The third-order valence-electron chi connectivity index (χ3n) is 0.992. The number of hydrogen-bond acceptors (Lipinski definition) is 3. The second kappa shape index (κ2) is 3.34. The molecule has 0 radical (unpaired) electrons. The van der Waals surface area contributed by atoms with Crippen molar-refractivity contribution >= 4 is 22.0 Å². The number of furan rings is 1. The topological polar surface area (TPSA) is 56.3 Å². The zero-order valence-corrected chi connectivity index (χ0v) is 6.95. The van der Waals surface area contributed by atoms with Crippen LogP contribution in [-0.2, 0) is 0 Å². The fourth-order valence-electron chi connectivity index (χ4n) is 0.553. The Labute approximate surface area is 70.8 Å². The van der Waals surface area contributed by atoms with Crippen molar-refractivity contribution in [3.63, 3.8) is 0 Å². The van der Waals surface area contributed by atoms with E-state index in [0.717, 1.165) is 6.20 Å². The highest BCUT2D eigenvalue weighted by Crippen LogP contribution is 2.18. The van der Waals surface area contributed by atoms with Crippen LogP contribution in [0.1, 0.15) is 5.76 Å². The Bertz CT molecular complexity index is 292. The number of nitro groups is 1. The molecule has 0 bridgehead atoms. The average Bonchev–Trinajstić information content (AvgIpc) is 2.31. The molecule has 0 aliphatic heterocycles. The van der Waals surface area contributed by atoms with Crippen molar-refractivity contribution in [2.24, 2.45) is 0 Å². The Morgan fingerprint density at radius 2 is 2.45 bits per heavy atom. The second-order valence-electron chi connectivity index (χ2n) is 1.73. The highest BCUT2D eigenvalue weighted by atomic mass is 79.9. The summed E-state index contributed by atoms with van der Waals surface area (Å²) in [4.78, 5) is 9.32. The van der Waals surface area contributed by atoms with E-state index in [-0.39, 0.29) is 0 Å². The summed E-state index contributed by atoms with van der Waals surface area (Å²) in [7, 11) is 0. The molecule has 0 atom stereocenters. The van der Waals surface area contributed by atoms with E-state index in [1.807, 2.05) is 0 Å². The Balaban J connectivity index is 2.79. The summed E-state index contributed by atoms with van der Waals surface area (Å²) in [5.41, 5.74) is 0. The summed E-state index contributed by atoms with van der Waals surface area (Å²) in [6.07, 6.45) is 3.55. The van der Waals surface area contributed by atoms with Crippen LogP contribution in [-0.4, -0.2) is 4.92 Å². The molecule has 0 unspecified atom stereocenters. The Kier molecular flexibility index (Phi) is 2.43. The van der Waals surface area contributed by atoms with Gasteiger partial charge in [-0.05, 0) is 22.0 Å². The smallest absolute Gasteiger partial charge is 0.238 e. The molecule has 4 nitrogen and oxygen atoms in total. The molecule has 1 rings (SSSR count). The highest BCUT2D eigenvalue weighted by Gasteiger charge is 1.99. The molecule has 1 heterocycles. The predicted molar refractivity (Wildman–Crippen MR) is 42.4 cm³/mol. The fraction of sp³-hybridized carbons (Fsp3) is 0. The van der Waals surface area contributed by atoms with Gasteiger partial charge in [-0.2, -0.15) is 0 Å². The molecule has 0 fully saturated rings. The maximum Gasteiger partial charge on any atom is 0.238 e. The Morgan fingerprint density at radius 3 is 2.91 bits per heavy atom. The van der Waals surface area contributed by atoms with Crippen LogP contribution in [0.4, 0.5) is 0 Å². The number of hydrogen-bond donors (Lipinski definition) is 0. The van der Waals surface area contributed by atoms with Crippen LogP contribution in [0, 0.1) is 10.1 Å². The van der Waals surface area contributed by atoms with Crippen molar-refractivity contribution in [3.8, 4) is 0 Å². The van der Waals surface area contributed by atoms with Crippen LogP contribution >= 0.6 is 15.9 Å². The molecule has 0 aliphatic rings. The normalized spacial score (nSPS) is 10.6. The summed E-state index contributed by atoms with van der Waals surface area (Å²) in [6.45, 7) is 0. The van der Waals surface area contributed by atoms with Gasteiger partial charge in [0.15, 0.2) is 0 Å². The van der Waals surface area contributed by atoms with Crippen LogP contribution in [0.25, 0.3) is 6.08 Å². The molecule has 0 amide bonds. The third-order valence-corrected chi connectivity index (χ3v) is 1.65. The molecule has 0 aliphatic carbocycles. The minimum Gasteiger partial charge on any atom is -0.464 e. The Hall–Kier alpha value is -1.10. The van der Waals surface area contributed by atoms with Crippen molar-refractivity contribution in [2.45, 2.75) is 0 Å². The summed E-state index contributed by atoms with van der Waals surface area (Å²) >= 11 is 3.15. The van der Waals surface area contributed by atoms with Gasteiger partial charge in [0.1, 0.15) is 5.76 Å². The first-order valence-corrected chi connectivity index (χ1v) is 3.54. The molecule has 11 heavy (non-hydrogen) atoms. The fourth-order valence-corrected chi connectivity index (χ4v) is 0.886. The maximum absolute atomic E-state index is 9.87. The quantitative estimate of drug-likeness (QED) is 0.565. The van der Waals surface area contributed by atoms with Gasteiger partial charge in [0, 0.05) is 0 Å². The molecular formula is C6H4BrNO3. The van der Waals surface area contributed by atoms with E-state index >= 15 is 0 Å². The zero-order chi connectivity index (χ0) is 8.27. The van der Waals surface area contributed by atoms with Crippen LogP contribution in [0.15, 0.2) is 27.4 Å². The van der Waals surface area contributed by atoms with Gasteiger partial charge in [-0.3, -0.25) is 10.1 Å². The molecule has 0 N–H and O–H groups in total. The molecule has 0 saturated carbocycles. The van der Waals surface area contributed by atoms with Crippen LogP contribution < -0.4 is 0 Å². The summed E-state index contributed by atoms with van der Waals surface area (Å²) < 4.78 is 5.58. The lowest BCUT2D eigenvalue weighted by Crippen LogP contribution is -1.81. The van der Waals surface area contributed by atoms with Crippen molar-refractivity contribution < 1.29 is 9.34 Å². The first-order valence-electron chi connectivity index (χ1n) is 2.75. The minimum atomic E-state index is -0.547. The predicted octanol–water partition coefficient (Wildman–Crippen LogP) is 2.29. The van der Waals surface area contributed by atoms with E-state index in [1.54, 1.807) is 6.07 Å². The van der Waals surface area contributed by atoms with E-state index in [2.05, 4.69) is 15.9 Å². The Morgan fingerprint density at radius 1 is 1.73 bits per heavy atom. The molecular weight excluding hydrogens is 214 g/mol. The van der Waals surface area contributed by atoms with Crippen LogP contribution in [0.3, 0.4) is 0 Å². The van der Waals surface area contributed by atoms with E-state index < -0.39 is 4.92 Å². The van der Waals surface area contributed by atoms with E-state index in [1.165, 1.54) is 12.3 Å². The van der Waals surface area contributed by atoms with Gasteiger partial charge in [0.2, 0.25) is 6.20 Å². The van der Waals surface area contributed by atoms with Gasteiger partial charge >= 0.3 is 0 Å². The number of nitrogens with zero attached hydrogens (tertiary/aromatic N) is 1. The van der Waals surface area contributed by atoms with Gasteiger partial charge < -0.3 is 4.42 Å². The first-order chi connectivity index (χ1) is 5.20. The van der Waals surface area contributed by atoms with Crippen LogP contribution in [0.5, 0.6) is 0 Å². The molecule has 0 spiro atoms. The molecule has 5 heteroatoms. The summed E-state index contributed by atoms with van der Waals surface area (Å²) in [5, 5.41) is 9.87. The lowest BCUT2D eigenvalue weighted by atomic mass is 10.4. The standard InChI is InChI=1S/C6H4BrNO3/c7-5-2-4-11-6(5)1-3-8(9)10/h1-4H. The third kappa shape index (κ3) is 2.19. The number of halogens is 1. The van der Waals surface area contributed by atoms with Gasteiger partial charge in [-0.15, -0.1) is 0 Å². The van der Waals surface area contributed by atoms with Crippen molar-refractivity contribution in [1.29, 1.82) is 0 Å². The summed E-state index contributed by atoms with van der Waals surface area (Å²) in [6, 6.07) is 1.67. The second-order valence-corrected chi connectivity index (χ2v) is 2.59. The van der Waals surface area contributed by atoms with E-state index in [9.17, 15) is 10.1 Å². The molecule has 58 valence electrons. The SMILES string of the molecule is O=[N+]([O-])C=Cc1occc1Br. The van der Waals surface area contributed by atoms with Gasteiger partial charge in [0.05, 0.1) is 21.7 Å². The monoisotopic (exact) mass is 217 g/mol. The van der Waals surface area contributed by atoms with E-state index in [0.29, 0.717) is 10.2 Å². The largest absolute Gasteiger partial charge is 0.464 e. The molecule has 1 aromatic heterocycles. The van der Waals surface area contributed by atoms with Crippen LogP contribution in [0.2, 0.25) is 0 Å². The first kappa shape index (κ1) is 8.00. The van der Waals surface area contributed by atoms with Crippen molar-refractivity contribution in [1.82, 2.24) is 0 Å². The highest BCUT2D eigenvalue weighted by molar-refractivity contribution is 9.10. The van der Waals surface area contributed by atoms with Crippen molar-refractivity contribution in [3.05, 3.63) is 38.9 Å². The van der Waals surface area contributed by atoms with Gasteiger partial charge in [-0.1, -0.05) is 0 Å². The van der Waals surface area contributed by atoms with E-state index in [4.69, 9.17) is 4.42 Å². The minimum absolute atomic E-state index is 0.446. The molecule has 0 saturated heterocycles. The van der Waals surface area contributed by atoms with Gasteiger partial charge in [0.25, 0.3) is 0 Å². The van der Waals surface area contributed by atoms with Gasteiger partial charge in [-0.25, -0.2) is 0 Å². The summed E-state index contributed by atoms with van der Waals surface area (Å²) in [5.74, 6) is 0.446. The number of rotatable bonds is 2. The molecule has 0 aromatic carbocycles. The lowest BCUT2D eigenvalue weighted by molar-refractivity contribution is -0.401.